The fraction of sp³-hybridized carbons (Fsp3) is 0.600. The minimum atomic E-state index is -0.329. The van der Waals surface area contributed by atoms with Gasteiger partial charge in [0.05, 0.1) is 6.10 Å². The number of benzene rings is 1. The van der Waals surface area contributed by atoms with Gasteiger partial charge in [0, 0.05) is 16.4 Å². The van der Waals surface area contributed by atoms with Crippen molar-refractivity contribution in [3.8, 4) is 0 Å². The molecule has 1 aliphatic rings. The SMILES string of the molecule is CC(C)(C(O)Cc1cccc(Br)c1)N1CCCC1. The van der Waals surface area contributed by atoms with Crippen molar-refractivity contribution in [3.05, 3.63) is 34.3 Å². The number of aliphatic hydroxyl groups excluding tert-OH is 1. The standard InChI is InChI=1S/C15H22BrNO/c1-15(2,17-8-3-4-9-17)14(18)11-12-6-5-7-13(16)10-12/h5-7,10,14,18H,3-4,8-9,11H2,1-2H3. The number of rotatable bonds is 4. The van der Waals surface area contributed by atoms with E-state index in [0.717, 1.165) is 17.6 Å². The van der Waals surface area contributed by atoms with Crippen LogP contribution in [0.3, 0.4) is 0 Å². The van der Waals surface area contributed by atoms with Crippen molar-refractivity contribution in [2.45, 2.75) is 44.8 Å². The molecule has 1 N–H and O–H groups in total. The molecular formula is C15H22BrNO. The van der Waals surface area contributed by atoms with Gasteiger partial charge in [-0.25, -0.2) is 0 Å². The van der Waals surface area contributed by atoms with Crippen LogP contribution in [0.15, 0.2) is 28.7 Å². The lowest BCUT2D eigenvalue weighted by molar-refractivity contribution is 0.00337. The molecule has 0 amide bonds. The first kappa shape index (κ1) is 14.0. The number of hydrogen-bond donors (Lipinski definition) is 1. The van der Waals surface area contributed by atoms with Gasteiger partial charge in [-0.05, 0) is 57.5 Å². The van der Waals surface area contributed by atoms with E-state index in [-0.39, 0.29) is 11.6 Å². The van der Waals surface area contributed by atoms with E-state index >= 15 is 0 Å². The monoisotopic (exact) mass is 311 g/mol. The molecule has 1 saturated heterocycles. The topological polar surface area (TPSA) is 23.5 Å². The molecule has 1 aromatic rings. The van der Waals surface area contributed by atoms with Crippen LogP contribution >= 0.6 is 15.9 Å². The Balaban J connectivity index is 2.04. The lowest BCUT2D eigenvalue weighted by Crippen LogP contribution is -2.51. The Bertz CT molecular complexity index is 399. The molecule has 0 aromatic heterocycles. The van der Waals surface area contributed by atoms with Crippen LogP contribution in [0.5, 0.6) is 0 Å². The van der Waals surface area contributed by atoms with Crippen LogP contribution in [0.25, 0.3) is 0 Å². The zero-order valence-corrected chi connectivity index (χ0v) is 12.8. The molecule has 1 aliphatic heterocycles. The fourth-order valence-electron chi connectivity index (χ4n) is 2.64. The lowest BCUT2D eigenvalue weighted by atomic mass is 9.90. The van der Waals surface area contributed by atoms with Gasteiger partial charge in [-0.15, -0.1) is 0 Å². The van der Waals surface area contributed by atoms with Crippen molar-refractivity contribution in [2.75, 3.05) is 13.1 Å². The van der Waals surface area contributed by atoms with Crippen molar-refractivity contribution in [1.82, 2.24) is 4.90 Å². The van der Waals surface area contributed by atoms with E-state index in [1.807, 2.05) is 12.1 Å². The van der Waals surface area contributed by atoms with Crippen molar-refractivity contribution >= 4 is 15.9 Å². The number of aliphatic hydroxyl groups is 1. The Morgan fingerprint density at radius 2 is 2.00 bits per heavy atom. The molecular weight excluding hydrogens is 290 g/mol. The normalized spacial score (nSPS) is 19.1. The van der Waals surface area contributed by atoms with E-state index in [1.54, 1.807) is 0 Å². The van der Waals surface area contributed by atoms with Crippen molar-refractivity contribution in [3.63, 3.8) is 0 Å². The largest absolute Gasteiger partial charge is 0.391 e. The summed E-state index contributed by atoms with van der Waals surface area (Å²) in [5.74, 6) is 0. The van der Waals surface area contributed by atoms with Gasteiger partial charge in [0.15, 0.2) is 0 Å². The molecule has 1 unspecified atom stereocenters. The highest BCUT2D eigenvalue weighted by molar-refractivity contribution is 9.10. The maximum atomic E-state index is 10.5. The summed E-state index contributed by atoms with van der Waals surface area (Å²) >= 11 is 3.48. The van der Waals surface area contributed by atoms with Gasteiger partial charge in [-0.1, -0.05) is 28.1 Å². The van der Waals surface area contributed by atoms with Crippen LogP contribution in [0.1, 0.15) is 32.3 Å². The molecule has 1 atom stereocenters. The Labute approximate surface area is 118 Å². The van der Waals surface area contributed by atoms with Gasteiger partial charge >= 0.3 is 0 Å². The van der Waals surface area contributed by atoms with E-state index in [0.29, 0.717) is 6.42 Å². The highest BCUT2D eigenvalue weighted by Crippen LogP contribution is 2.26. The van der Waals surface area contributed by atoms with Crippen molar-refractivity contribution < 1.29 is 5.11 Å². The van der Waals surface area contributed by atoms with Gasteiger partial charge in [0.1, 0.15) is 0 Å². The first-order chi connectivity index (χ1) is 8.50. The number of hydrogen-bond acceptors (Lipinski definition) is 2. The molecule has 3 heteroatoms. The quantitative estimate of drug-likeness (QED) is 0.923. The molecule has 0 saturated carbocycles. The molecule has 2 nitrogen and oxygen atoms in total. The minimum Gasteiger partial charge on any atom is -0.391 e. The highest BCUT2D eigenvalue weighted by atomic mass is 79.9. The van der Waals surface area contributed by atoms with Crippen LogP contribution in [0.4, 0.5) is 0 Å². The molecule has 100 valence electrons. The summed E-state index contributed by atoms with van der Waals surface area (Å²) in [6.07, 6.45) is 2.90. The maximum Gasteiger partial charge on any atom is 0.0758 e. The molecule has 2 rings (SSSR count). The second-order valence-electron chi connectivity index (χ2n) is 5.70. The molecule has 0 aliphatic carbocycles. The van der Waals surface area contributed by atoms with E-state index in [1.165, 1.54) is 18.4 Å². The molecule has 0 spiro atoms. The van der Waals surface area contributed by atoms with Crippen molar-refractivity contribution in [2.24, 2.45) is 0 Å². The third-order valence-corrected chi connectivity index (χ3v) is 4.55. The van der Waals surface area contributed by atoms with Gasteiger partial charge in [-0.2, -0.15) is 0 Å². The van der Waals surface area contributed by atoms with E-state index in [2.05, 4.69) is 46.8 Å². The third-order valence-electron chi connectivity index (χ3n) is 4.05. The second-order valence-corrected chi connectivity index (χ2v) is 6.61. The van der Waals surface area contributed by atoms with E-state index < -0.39 is 0 Å². The maximum absolute atomic E-state index is 10.5. The number of likely N-dealkylation sites (tertiary alicyclic amines) is 1. The smallest absolute Gasteiger partial charge is 0.0758 e. The van der Waals surface area contributed by atoms with Crippen LogP contribution < -0.4 is 0 Å². The predicted octanol–water partition coefficient (Wildman–Crippen LogP) is 3.23. The van der Waals surface area contributed by atoms with E-state index in [9.17, 15) is 5.11 Å². The summed E-state index contributed by atoms with van der Waals surface area (Å²) in [7, 11) is 0. The Morgan fingerprint density at radius 1 is 1.33 bits per heavy atom. The highest BCUT2D eigenvalue weighted by Gasteiger charge is 2.35. The Hall–Kier alpha value is -0.380. The summed E-state index contributed by atoms with van der Waals surface area (Å²) in [6.45, 7) is 6.53. The van der Waals surface area contributed by atoms with Crippen molar-refractivity contribution in [1.29, 1.82) is 0 Å². The van der Waals surface area contributed by atoms with Crippen LogP contribution in [0, 0.1) is 0 Å². The van der Waals surface area contributed by atoms with Gasteiger partial charge < -0.3 is 5.11 Å². The number of halogens is 1. The third kappa shape index (κ3) is 3.14. The van der Waals surface area contributed by atoms with Gasteiger partial charge in [0.25, 0.3) is 0 Å². The van der Waals surface area contributed by atoms with Crippen LogP contribution in [-0.2, 0) is 6.42 Å². The molecule has 0 bridgehead atoms. The minimum absolute atomic E-state index is 0.140. The summed E-state index contributed by atoms with van der Waals surface area (Å²) in [5, 5.41) is 10.5. The van der Waals surface area contributed by atoms with Crippen LogP contribution in [0.2, 0.25) is 0 Å². The number of nitrogens with zero attached hydrogens (tertiary/aromatic N) is 1. The van der Waals surface area contributed by atoms with Crippen LogP contribution in [-0.4, -0.2) is 34.7 Å². The molecule has 1 aromatic carbocycles. The second kappa shape index (κ2) is 5.72. The van der Waals surface area contributed by atoms with Gasteiger partial charge in [-0.3, -0.25) is 4.90 Å². The summed E-state index contributed by atoms with van der Waals surface area (Å²) in [5.41, 5.74) is 1.04. The average Bonchev–Trinajstić information content (AvgIpc) is 2.82. The van der Waals surface area contributed by atoms with E-state index in [4.69, 9.17) is 0 Å². The summed E-state index contributed by atoms with van der Waals surface area (Å²) < 4.78 is 1.08. The zero-order valence-electron chi connectivity index (χ0n) is 11.2. The molecule has 1 heterocycles. The predicted molar refractivity (Wildman–Crippen MR) is 78.7 cm³/mol. The Kier molecular flexibility index (Phi) is 4.46. The molecule has 18 heavy (non-hydrogen) atoms. The molecule has 0 radical (unpaired) electrons. The summed E-state index contributed by atoms with van der Waals surface area (Å²) in [6, 6.07) is 8.20. The van der Waals surface area contributed by atoms with Gasteiger partial charge in [0.2, 0.25) is 0 Å². The average molecular weight is 312 g/mol. The summed E-state index contributed by atoms with van der Waals surface area (Å²) in [4.78, 5) is 2.41. The first-order valence-electron chi connectivity index (χ1n) is 6.68. The molecule has 1 fully saturated rings. The lowest BCUT2D eigenvalue weighted by Gasteiger charge is -2.39. The first-order valence-corrected chi connectivity index (χ1v) is 7.47. The Morgan fingerprint density at radius 3 is 2.61 bits per heavy atom. The zero-order chi connectivity index (χ0) is 13.2. The fourth-order valence-corrected chi connectivity index (χ4v) is 3.09.